The molecule has 106 valence electrons. The van der Waals surface area contributed by atoms with Crippen molar-refractivity contribution in [2.75, 3.05) is 7.11 Å². The molecular formula is C2H8O9Si9. The maximum Gasteiger partial charge on any atom is 0.381 e. The summed E-state index contributed by atoms with van der Waals surface area (Å²) >= 11 is 0. The Morgan fingerprint density at radius 2 is 1.25 bits per heavy atom. The highest BCUT2D eigenvalue weighted by atomic mass is 30.0. The third-order valence-electron chi connectivity index (χ3n) is 1.83. The van der Waals surface area contributed by atoms with Crippen molar-refractivity contribution in [3.8, 4) is 0 Å². The Morgan fingerprint density at radius 1 is 0.850 bits per heavy atom. The molecule has 0 aliphatic rings. The summed E-state index contributed by atoms with van der Waals surface area (Å²) in [6.07, 6.45) is 0. The Labute approximate surface area is 126 Å². The molecule has 18 heteroatoms. The van der Waals surface area contributed by atoms with Gasteiger partial charge in [0.05, 0.1) is 0 Å². The van der Waals surface area contributed by atoms with Crippen LogP contribution in [0, 0.1) is 0 Å². The first kappa shape index (κ1) is 20.5. The summed E-state index contributed by atoms with van der Waals surface area (Å²) in [7, 11) is -24.8. The second kappa shape index (κ2) is 9.48. The fraction of sp³-hybridized carbons (Fsp3) is 1.00. The summed E-state index contributed by atoms with van der Waals surface area (Å²) in [6.45, 7) is 1.22. The molecule has 9 nitrogen and oxygen atoms in total. The van der Waals surface area contributed by atoms with E-state index in [-0.39, 0.29) is 0 Å². The summed E-state index contributed by atoms with van der Waals surface area (Å²) in [6, 6.07) is 0. The van der Waals surface area contributed by atoms with E-state index in [9.17, 15) is 31.2 Å². The van der Waals surface area contributed by atoms with Crippen LogP contribution in [0.4, 0.5) is 0 Å². The monoisotopic (exact) mass is 428 g/mol. The average molecular weight is 429 g/mol. The van der Waals surface area contributed by atoms with Crippen LogP contribution in [-0.2, 0) is 35.7 Å². The maximum absolute atomic E-state index is 11.7. The van der Waals surface area contributed by atoms with Gasteiger partial charge in [0.2, 0.25) is 8.56 Å². The molecule has 20 heavy (non-hydrogen) atoms. The molecular weight excluding hydrogens is 421 g/mol. The number of hydrogen-bond acceptors (Lipinski definition) is 9. The van der Waals surface area contributed by atoms with Gasteiger partial charge in [0, 0.05) is 7.11 Å². The van der Waals surface area contributed by atoms with Gasteiger partial charge in [-0.1, -0.05) is 0 Å². The van der Waals surface area contributed by atoms with E-state index in [1.807, 2.05) is 0 Å². The Morgan fingerprint density at radius 3 is 1.65 bits per heavy atom. The summed E-state index contributed by atoms with van der Waals surface area (Å²) in [5.41, 5.74) is 0. The van der Waals surface area contributed by atoms with Crippen LogP contribution in [0.3, 0.4) is 0 Å². The maximum atomic E-state index is 11.7. The fourth-order valence-electron chi connectivity index (χ4n) is 0.853. The van der Waals surface area contributed by atoms with Gasteiger partial charge in [0.15, 0.2) is 0 Å². The molecule has 0 aliphatic heterocycles. The Kier molecular flexibility index (Phi) is 9.70. The van der Waals surface area contributed by atoms with E-state index < -0.39 is 71.9 Å². The van der Waals surface area contributed by atoms with Crippen LogP contribution >= 0.6 is 0 Å². The van der Waals surface area contributed by atoms with Gasteiger partial charge in [0.1, 0.15) is 0 Å². The molecule has 0 amide bonds. The number of hydrogen-bond donors (Lipinski definition) is 1. The lowest BCUT2D eigenvalue weighted by Crippen LogP contribution is -2.52. The van der Waals surface area contributed by atoms with E-state index in [1.165, 1.54) is 13.7 Å². The van der Waals surface area contributed by atoms with Crippen molar-refractivity contribution in [1.29, 1.82) is 0 Å². The fourth-order valence-corrected chi connectivity index (χ4v) is 78.1. The predicted molar refractivity (Wildman–Crippen MR) is 73.1 cm³/mol. The zero-order valence-corrected chi connectivity index (χ0v) is 19.4. The molecule has 0 rings (SSSR count). The predicted octanol–water partition coefficient (Wildman–Crippen LogP) is -4.40. The van der Waals surface area contributed by atoms with E-state index in [0.29, 0.717) is 0 Å². The van der Waals surface area contributed by atoms with Crippen LogP contribution < -0.4 is 0 Å². The summed E-state index contributed by atoms with van der Waals surface area (Å²) in [4.78, 5) is 9.13. The standard InChI is InChI=1S/C2H8O9Si9/c1-11-12-14(4)16(6)18(8)20(10)19(9)17(7)15(5)13(2)3/h3,13H,1-2H3. The highest BCUT2D eigenvalue weighted by molar-refractivity contribution is 7.74. The first-order chi connectivity index (χ1) is 9.14. The van der Waals surface area contributed by atoms with Crippen LogP contribution in [0.15, 0.2) is 0 Å². The van der Waals surface area contributed by atoms with Gasteiger partial charge in [-0.05, 0) is 6.55 Å². The summed E-state index contributed by atoms with van der Waals surface area (Å²) in [5.74, 6) is 0. The van der Waals surface area contributed by atoms with Gasteiger partial charge in [0.25, 0.3) is 9.28 Å². The minimum atomic E-state index is -3.46. The van der Waals surface area contributed by atoms with E-state index >= 15 is 0 Å². The molecule has 1 unspecified atom stereocenters. The normalized spacial score (nSPS) is 11.3. The van der Waals surface area contributed by atoms with Gasteiger partial charge in [-0.25, -0.2) is 0 Å². The molecule has 0 heterocycles. The Hall–Kier alpha value is 0.472. The third kappa shape index (κ3) is 5.69. The van der Waals surface area contributed by atoms with E-state index in [0.717, 1.165) is 0 Å². The quantitative estimate of drug-likeness (QED) is 0.359. The second-order valence-corrected chi connectivity index (χ2v) is 43.2. The van der Waals surface area contributed by atoms with Crippen molar-refractivity contribution in [3.05, 3.63) is 0 Å². The minimum Gasteiger partial charge on any atom is -0.431 e. The van der Waals surface area contributed by atoms with Crippen LogP contribution in [-0.4, -0.2) is 83.8 Å². The third-order valence-corrected chi connectivity index (χ3v) is 60.0. The van der Waals surface area contributed by atoms with Gasteiger partial charge in [-0.15, -0.1) is 0 Å². The van der Waals surface area contributed by atoms with Crippen LogP contribution in [0.1, 0.15) is 0 Å². The lowest BCUT2D eigenvalue weighted by molar-refractivity contribution is 0.449. The zero-order chi connectivity index (χ0) is 16.0. The molecule has 1 atom stereocenters. The van der Waals surface area contributed by atoms with Crippen molar-refractivity contribution < 1.29 is 40.5 Å². The van der Waals surface area contributed by atoms with Crippen molar-refractivity contribution in [2.24, 2.45) is 0 Å². The molecule has 0 aromatic rings. The van der Waals surface area contributed by atoms with Crippen molar-refractivity contribution >= 4 is 71.9 Å². The summed E-state index contributed by atoms with van der Waals surface area (Å²) < 4.78 is 85.6. The SMILES string of the molecule is CO[Si][Si](=O)[Si](=O)[Si](=O)[Si](=O)[Si](=O)[Si](=O)[Si](=O)[SiH](C)O. The van der Waals surface area contributed by atoms with Crippen molar-refractivity contribution in [1.82, 2.24) is 0 Å². The van der Waals surface area contributed by atoms with E-state index in [1.54, 1.807) is 0 Å². The molecule has 0 fully saturated rings. The van der Waals surface area contributed by atoms with Crippen LogP contribution in [0.25, 0.3) is 0 Å². The highest BCUT2D eigenvalue weighted by Gasteiger charge is 2.47. The number of rotatable bonds is 9. The molecule has 0 spiro atoms. The molecule has 1 N–H and O–H groups in total. The minimum absolute atomic E-state index is 0.633. The largest absolute Gasteiger partial charge is 0.431 e. The molecule has 0 saturated heterocycles. The first-order valence-electron chi connectivity index (χ1n) is 4.92. The van der Waals surface area contributed by atoms with E-state index in [4.69, 9.17) is 4.80 Å². The zero-order valence-electron chi connectivity index (χ0n) is 10.3. The lowest BCUT2D eigenvalue weighted by atomic mass is 11.8. The van der Waals surface area contributed by atoms with Crippen molar-refractivity contribution in [3.63, 3.8) is 0 Å². The topological polar surface area (TPSA) is 149 Å². The molecule has 0 aliphatic carbocycles. The van der Waals surface area contributed by atoms with Crippen molar-refractivity contribution in [2.45, 2.75) is 6.55 Å². The smallest absolute Gasteiger partial charge is 0.381 e. The summed E-state index contributed by atoms with van der Waals surface area (Å²) in [5, 5.41) is 0. The first-order valence-corrected chi connectivity index (χ1v) is 26.2. The molecule has 0 saturated carbocycles. The Bertz CT molecular complexity index is 520. The van der Waals surface area contributed by atoms with E-state index in [2.05, 4.69) is 4.43 Å². The molecule has 0 aromatic heterocycles. The Balaban J connectivity index is 5.00. The highest BCUT2D eigenvalue weighted by Crippen LogP contribution is 1.84. The van der Waals surface area contributed by atoms with Gasteiger partial charge >= 0.3 is 54.0 Å². The average Bonchev–Trinajstić information content (AvgIpc) is 2.42. The molecule has 0 bridgehead atoms. The molecule has 2 radical (unpaired) electrons. The van der Waals surface area contributed by atoms with Crippen LogP contribution in [0.2, 0.25) is 6.55 Å². The molecule has 0 aromatic carbocycles. The lowest BCUT2D eigenvalue weighted by Gasteiger charge is -1.94. The van der Waals surface area contributed by atoms with Crippen LogP contribution in [0.5, 0.6) is 0 Å². The second-order valence-electron chi connectivity index (χ2n) is 3.32. The van der Waals surface area contributed by atoms with Gasteiger partial charge in [-0.3, -0.25) is 0 Å². The van der Waals surface area contributed by atoms with Gasteiger partial charge < -0.3 is 40.5 Å². The van der Waals surface area contributed by atoms with Gasteiger partial charge in [-0.2, -0.15) is 0 Å².